The summed E-state index contributed by atoms with van der Waals surface area (Å²) in [5.41, 5.74) is 2.76. The van der Waals surface area contributed by atoms with Gasteiger partial charge in [-0.3, -0.25) is 0 Å². The lowest BCUT2D eigenvalue weighted by atomic mass is 9.83. The highest BCUT2D eigenvalue weighted by atomic mass is 19.4. The van der Waals surface area contributed by atoms with Crippen LogP contribution in [0.2, 0.25) is 0 Å². The summed E-state index contributed by atoms with van der Waals surface area (Å²) in [6.07, 6.45) is 2.90. The number of hydrogen-bond acceptors (Lipinski definition) is 4. The number of aromatic nitrogens is 2. The summed E-state index contributed by atoms with van der Waals surface area (Å²) in [5.74, 6) is 0.651. The molecule has 1 aliphatic rings. The van der Waals surface area contributed by atoms with Crippen LogP contribution in [-0.4, -0.2) is 9.97 Å². The van der Waals surface area contributed by atoms with Crippen molar-refractivity contribution in [3.63, 3.8) is 0 Å². The number of anilines is 4. The van der Waals surface area contributed by atoms with Gasteiger partial charge < -0.3 is 10.6 Å². The predicted octanol–water partition coefficient (Wildman–Crippen LogP) is 8.54. The van der Waals surface area contributed by atoms with Crippen molar-refractivity contribution in [1.82, 2.24) is 9.97 Å². The molecule has 7 heteroatoms. The molecule has 4 rings (SSSR count). The van der Waals surface area contributed by atoms with E-state index in [0.717, 1.165) is 49.6 Å². The Balaban J connectivity index is 1.62. The number of hydrogen-bond donors (Lipinski definition) is 2. The van der Waals surface area contributed by atoms with E-state index in [-0.39, 0.29) is 11.8 Å². The molecule has 0 radical (unpaired) electrons. The van der Waals surface area contributed by atoms with Gasteiger partial charge in [0.25, 0.3) is 0 Å². The number of benzene rings is 2. The molecule has 1 fully saturated rings. The molecule has 1 aromatic heterocycles. The van der Waals surface area contributed by atoms with Crippen LogP contribution in [0.5, 0.6) is 0 Å². The summed E-state index contributed by atoms with van der Waals surface area (Å²) in [6, 6.07) is 15.4. The van der Waals surface area contributed by atoms with Crippen molar-refractivity contribution >= 4 is 23.1 Å². The molecule has 0 bridgehead atoms. The maximum absolute atomic E-state index is 13.8. The van der Waals surface area contributed by atoms with Crippen LogP contribution in [-0.2, 0) is 6.18 Å². The zero-order valence-corrected chi connectivity index (χ0v) is 19.6. The number of alkyl halides is 3. The largest absolute Gasteiger partial charge is 0.421 e. The van der Waals surface area contributed by atoms with Gasteiger partial charge in [-0.05, 0) is 60.4 Å². The standard InChI is InChI=1S/C27H31F3N4/c1-3-18(2)19-13-15-21(16-14-19)32-26-31-17-23(27(28,29)30)25(34-26)33-24-12-8-7-11-22(24)20-9-5-4-6-10-20/h7-8,11-18,20H,3-6,9-10H2,1-2H3,(H2,31,32,33,34). The van der Waals surface area contributed by atoms with Crippen molar-refractivity contribution in [2.24, 2.45) is 0 Å². The lowest BCUT2D eigenvalue weighted by Crippen LogP contribution is -2.14. The lowest BCUT2D eigenvalue weighted by molar-refractivity contribution is -0.137. The Bertz CT molecular complexity index is 1090. The molecule has 34 heavy (non-hydrogen) atoms. The second-order valence-electron chi connectivity index (χ2n) is 9.06. The van der Waals surface area contributed by atoms with Gasteiger partial charge in [-0.1, -0.05) is 63.4 Å². The molecular formula is C27H31F3N4. The Labute approximate surface area is 199 Å². The van der Waals surface area contributed by atoms with Crippen molar-refractivity contribution in [1.29, 1.82) is 0 Å². The van der Waals surface area contributed by atoms with E-state index < -0.39 is 11.7 Å². The zero-order chi connectivity index (χ0) is 24.1. The molecular weight excluding hydrogens is 437 g/mol. The minimum Gasteiger partial charge on any atom is -0.339 e. The number of rotatable bonds is 7. The van der Waals surface area contributed by atoms with Crippen LogP contribution < -0.4 is 10.6 Å². The highest BCUT2D eigenvalue weighted by molar-refractivity contribution is 5.66. The zero-order valence-electron chi connectivity index (χ0n) is 19.6. The highest BCUT2D eigenvalue weighted by Crippen LogP contribution is 2.40. The van der Waals surface area contributed by atoms with Crippen molar-refractivity contribution in [2.75, 3.05) is 10.6 Å². The average molecular weight is 469 g/mol. The quantitative estimate of drug-likeness (QED) is 0.365. The van der Waals surface area contributed by atoms with Crippen molar-refractivity contribution in [3.05, 3.63) is 71.4 Å². The van der Waals surface area contributed by atoms with Crippen LogP contribution in [0, 0.1) is 0 Å². The van der Waals surface area contributed by atoms with E-state index >= 15 is 0 Å². The van der Waals surface area contributed by atoms with E-state index in [0.29, 0.717) is 17.5 Å². The van der Waals surface area contributed by atoms with Gasteiger partial charge in [0.05, 0.1) is 0 Å². The average Bonchev–Trinajstić information content (AvgIpc) is 2.84. The molecule has 180 valence electrons. The Morgan fingerprint density at radius 3 is 2.35 bits per heavy atom. The third kappa shape index (κ3) is 5.69. The monoisotopic (exact) mass is 468 g/mol. The summed E-state index contributed by atoms with van der Waals surface area (Å²) < 4.78 is 41.3. The van der Waals surface area contributed by atoms with Crippen molar-refractivity contribution in [2.45, 2.75) is 70.4 Å². The van der Waals surface area contributed by atoms with Gasteiger partial charge in [0.1, 0.15) is 11.4 Å². The van der Waals surface area contributed by atoms with E-state index in [9.17, 15) is 13.2 Å². The van der Waals surface area contributed by atoms with Gasteiger partial charge >= 0.3 is 6.18 Å². The molecule has 3 aromatic rings. The number of nitrogens with one attached hydrogen (secondary N) is 2. The van der Waals surface area contributed by atoms with Crippen molar-refractivity contribution in [3.8, 4) is 0 Å². The molecule has 0 spiro atoms. The van der Waals surface area contributed by atoms with Gasteiger partial charge in [-0.25, -0.2) is 4.98 Å². The molecule has 1 aliphatic carbocycles. The first kappa shape index (κ1) is 24.0. The van der Waals surface area contributed by atoms with E-state index in [2.05, 4.69) is 34.4 Å². The Morgan fingerprint density at radius 2 is 1.68 bits per heavy atom. The molecule has 4 nitrogen and oxygen atoms in total. The highest BCUT2D eigenvalue weighted by Gasteiger charge is 2.35. The minimum absolute atomic E-state index is 0.113. The number of para-hydroxylation sites is 1. The molecule has 0 saturated heterocycles. The van der Waals surface area contributed by atoms with Crippen LogP contribution in [0.3, 0.4) is 0 Å². The molecule has 1 heterocycles. The fraction of sp³-hybridized carbons (Fsp3) is 0.407. The second kappa shape index (κ2) is 10.5. The van der Waals surface area contributed by atoms with Gasteiger partial charge in [-0.15, -0.1) is 0 Å². The van der Waals surface area contributed by atoms with Crippen LogP contribution >= 0.6 is 0 Å². The van der Waals surface area contributed by atoms with Crippen LogP contribution in [0.15, 0.2) is 54.7 Å². The fourth-order valence-electron chi connectivity index (χ4n) is 4.51. The summed E-state index contributed by atoms with van der Waals surface area (Å²) >= 11 is 0. The molecule has 2 N–H and O–H groups in total. The Morgan fingerprint density at radius 1 is 0.971 bits per heavy atom. The van der Waals surface area contributed by atoms with E-state index in [4.69, 9.17) is 0 Å². The normalized spacial score (nSPS) is 15.7. The smallest absolute Gasteiger partial charge is 0.339 e. The molecule has 1 unspecified atom stereocenters. The molecule has 0 aliphatic heterocycles. The second-order valence-corrected chi connectivity index (χ2v) is 9.06. The minimum atomic E-state index is -4.57. The van der Waals surface area contributed by atoms with Gasteiger partial charge in [0.2, 0.25) is 5.95 Å². The topological polar surface area (TPSA) is 49.8 Å². The number of nitrogens with zero attached hydrogens (tertiary/aromatic N) is 2. The maximum atomic E-state index is 13.8. The van der Waals surface area contributed by atoms with Crippen LogP contribution in [0.1, 0.15) is 80.9 Å². The van der Waals surface area contributed by atoms with E-state index in [1.54, 1.807) is 0 Å². The summed E-state index contributed by atoms with van der Waals surface area (Å²) in [4.78, 5) is 8.18. The molecule has 1 atom stereocenters. The summed E-state index contributed by atoms with van der Waals surface area (Å²) in [6.45, 7) is 4.29. The molecule has 0 amide bonds. The van der Waals surface area contributed by atoms with Crippen molar-refractivity contribution < 1.29 is 13.2 Å². The fourth-order valence-corrected chi connectivity index (χ4v) is 4.51. The first-order valence-electron chi connectivity index (χ1n) is 12.0. The SMILES string of the molecule is CCC(C)c1ccc(Nc2ncc(C(F)(F)F)c(Nc3ccccc3C3CCCCC3)n2)cc1. The lowest BCUT2D eigenvalue weighted by Gasteiger charge is -2.25. The van der Waals surface area contributed by atoms with Gasteiger partial charge in [0, 0.05) is 17.6 Å². The Hall–Kier alpha value is -3.09. The first-order valence-corrected chi connectivity index (χ1v) is 12.0. The Kier molecular flexibility index (Phi) is 7.39. The summed E-state index contributed by atoms with van der Waals surface area (Å²) in [7, 11) is 0. The molecule has 1 saturated carbocycles. The van der Waals surface area contributed by atoms with Gasteiger partial charge in [0.15, 0.2) is 0 Å². The number of halogens is 3. The first-order chi connectivity index (χ1) is 16.3. The molecule has 2 aromatic carbocycles. The third-order valence-corrected chi connectivity index (χ3v) is 6.70. The summed E-state index contributed by atoms with van der Waals surface area (Å²) in [5, 5.41) is 6.03. The van der Waals surface area contributed by atoms with Gasteiger partial charge in [-0.2, -0.15) is 18.2 Å². The maximum Gasteiger partial charge on any atom is 0.421 e. The van der Waals surface area contributed by atoms with Crippen LogP contribution in [0.25, 0.3) is 0 Å². The van der Waals surface area contributed by atoms with E-state index in [1.807, 2.05) is 48.5 Å². The third-order valence-electron chi connectivity index (χ3n) is 6.70. The van der Waals surface area contributed by atoms with E-state index in [1.165, 1.54) is 12.0 Å². The van der Waals surface area contributed by atoms with Crippen LogP contribution in [0.4, 0.5) is 36.3 Å². The predicted molar refractivity (Wildman–Crippen MR) is 131 cm³/mol.